The van der Waals surface area contributed by atoms with Crippen molar-refractivity contribution in [1.82, 2.24) is 10.6 Å². The normalized spacial score (nSPS) is 14.8. The van der Waals surface area contributed by atoms with Crippen molar-refractivity contribution in [3.8, 4) is 0 Å². The first kappa shape index (κ1) is 17.9. The van der Waals surface area contributed by atoms with E-state index >= 15 is 0 Å². The minimum absolute atomic E-state index is 0. The lowest BCUT2D eigenvalue weighted by Crippen LogP contribution is -2.42. The number of rotatable bonds is 4. The molecule has 1 heterocycles. The Balaban J connectivity index is 0.00000192. The Morgan fingerprint density at radius 3 is 2.39 bits per heavy atom. The number of carbonyl (C=O) groups excluding carboxylic acids is 1. The van der Waals surface area contributed by atoms with Crippen LogP contribution in [-0.4, -0.2) is 25.0 Å². The topological polar surface area (TPSA) is 41.1 Å². The molecule has 1 saturated heterocycles. The van der Waals surface area contributed by atoms with Gasteiger partial charge >= 0.3 is 0 Å². The van der Waals surface area contributed by atoms with Crippen LogP contribution in [0.4, 0.5) is 0 Å². The summed E-state index contributed by atoms with van der Waals surface area (Å²) in [5.74, 6) is 0.0333. The van der Waals surface area contributed by atoms with E-state index in [0.717, 1.165) is 41.3 Å². The summed E-state index contributed by atoms with van der Waals surface area (Å²) in [6, 6.07) is 18.2. The molecule has 0 spiro atoms. The van der Waals surface area contributed by atoms with E-state index in [1.54, 1.807) is 11.8 Å². The van der Waals surface area contributed by atoms with Gasteiger partial charge in [0, 0.05) is 15.8 Å². The van der Waals surface area contributed by atoms with Crippen molar-refractivity contribution in [1.29, 1.82) is 0 Å². The lowest BCUT2D eigenvalue weighted by molar-refractivity contribution is 0.0926. The molecule has 0 atom stereocenters. The van der Waals surface area contributed by atoms with E-state index in [1.165, 1.54) is 0 Å². The molecule has 0 aromatic heterocycles. The van der Waals surface area contributed by atoms with Crippen LogP contribution in [0.2, 0.25) is 0 Å². The molecular formula is C18H21ClN2OS. The molecule has 3 rings (SSSR count). The van der Waals surface area contributed by atoms with Gasteiger partial charge in [0.15, 0.2) is 0 Å². The summed E-state index contributed by atoms with van der Waals surface area (Å²) in [6.45, 7) is 1.96. The highest BCUT2D eigenvalue weighted by molar-refractivity contribution is 7.99. The highest BCUT2D eigenvalue weighted by Crippen LogP contribution is 2.30. The minimum atomic E-state index is 0. The second-order valence-electron chi connectivity index (χ2n) is 5.41. The van der Waals surface area contributed by atoms with Crippen molar-refractivity contribution >= 4 is 30.1 Å². The van der Waals surface area contributed by atoms with E-state index in [4.69, 9.17) is 0 Å². The maximum absolute atomic E-state index is 12.6. The Bertz CT molecular complexity index is 630. The molecule has 1 aliphatic heterocycles. The van der Waals surface area contributed by atoms with Gasteiger partial charge in [-0.15, -0.1) is 12.4 Å². The molecular weight excluding hydrogens is 328 g/mol. The molecule has 0 saturated carbocycles. The third kappa shape index (κ3) is 4.99. The van der Waals surface area contributed by atoms with Crippen molar-refractivity contribution in [3.63, 3.8) is 0 Å². The van der Waals surface area contributed by atoms with E-state index in [1.807, 2.05) is 42.5 Å². The van der Waals surface area contributed by atoms with Gasteiger partial charge < -0.3 is 10.6 Å². The fourth-order valence-electron chi connectivity index (χ4n) is 2.59. The second kappa shape index (κ2) is 8.96. The number of hydrogen-bond acceptors (Lipinski definition) is 3. The number of amides is 1. The van der Waals surface area contributed by atoms with Gasteiger partial charge in [0.2, 0.25) is 0 Å². The maximum Gasteiger partial charge on any atom is 0.252 e. The minimum Gasteiger partial charge on any atom is -0.349 e. The van der Waals surface area contributed by atoms with Crippen LogP contribution in [0, 0.1) is 0 Å². The first-order valence-electron chi connectivity index (χ1n) is 7.66. The van der Waals surface area contributed by atoms with Gasteiger partial charge in [0.25, 0.3) is 5.91 Å². The number of piperidine rings is 1. The SMILES string of the molecule is Cl.O=C(NC1CCNCC1)c1ccccc1Sc1ccccc1. The van der Waals surface area contributed by atoms with Gasteiger partial charge in [0.1, 0.15) is 0 Å². The molecule has 1 amide bonds. The van der Waals surface area contributed by atoms with Crippen LogP contribution in [0.3, 0.4) is 0 Å². The number of hydrogen-bond donors (Lipinski definition) is 2. The van der Waals surface area contributed by atoms with E-state index in [2.05, 4.69) is 22.8 Å². The Labute approximate surface area is 147 Å². The third-order valence-corrected chi connectivity index (χ3v) is 4.86. The van der Waals surface area contributed by atoms with Crippen LogP contribution < -0.4 is 10.6 Å². The highest BCUT2D eigenvalue weighted by atomic mass is 35.5. The maximum atomic E-state index is 12.6. The quantitative estimate of drug-likeness (QED) is 0.884. The molecule has 5 heteroatoms. The van der Waals surface area contributed by atoms with Crippen molar-refractivity contribution < 1.29 is 4.79 Å². The molecule has 0 radical (unpaired) electrons. The van der Waals surface area contributed by atoms with Crippen LogP contribution in [0.15, 0.2) is 64.4 Å². The molecule has 0 aliphatic carbocycles. The molecule has 122 valence electrons. The molecule has 3 nitrogen and oxygen atoms in total. The van der Waals surface area contributed by atoms with Crippen LogP contribution >= 0.6 is 24.2 Å². The number of carbonyl (C=O) groups is 1. The van der Waals surface area contributed by atoms with E-state index in [-0.39, 0.29) is 24.4 Å². The Morgan fingerprint density at radius 1 is 1.00 bits per heavy atom. The van der Waals surface area contributed by atoms with E-state index < -0.39 is 0 Å². The first-order chi connectivity index (χ1) is 10.8. The zero-order chi connectivity index (χ0) is 15.2. The summed E-state index contributed by atoms with van der Waals surface area (Å²) < 4.78 is 0. The number of halogens is 1. The molecule has 2 N–H and O–H groups in total. The summed E-state index contributed by atoms with van der Waals surface area (Å²) in [5.41, 5.74) is 0.759. The zero-order valence-corrected chi connectivity index (χ0v) is 14.5. The third-order valence-electron chi connectivity index (χ3n) is 3.78. The fraction of sp³-hybridized carbons (Fsp3) is 0.278. The van der Waals surface area contributed by atoms with Gasteiger partial charge in [-0.2, -0.15) is 0 Å². The Hall–Kier alpha value is -1.49. The standard InChI is InChI=1S/C18H20N2OS.ClH/c21-18(20-14-10-12-19-13-11-14)16-8-4-5-9-17(16)22-15-6-2-1-3-7-15;/h1-9,14,19H,10-13H2,(H,20,21);1H. The smallest absolute Gasteiger partial charge is 0.252 e. The van der Waals surface area contributed by atoms with Crippen molar-refractivity contribution in [2.24, 2.45) is 0 Å². The molecule has 2 aromatic carbocycles. The van der Waals surface area contributed by atoms with Crippen molar-refractivity contribution in [2.45, 2.75) is 28.7 Å². The van der Waals surface area contributed by atoms with Crippen LogP contribution in [0.1, 0.15) is 23.2 Å². The van der Waals surface area contributed by atoms with Gasteiger partial charge in [-0.3, -0.25) is 4.79 Å². The van der Waals surface area contributed by atoms with Crippen LogP contribution in [0.5, 0.6) is 0 Å². The second-order valence-corrected chi connectivity index (χ2v) is 6.52. The van der Waals surface area contributed by atoms with E-state index in [0.29, 0.717) is 0 Å². The molecule has 23 heavy (non-hydrogen) atoms. The Kier molecular flexibility index (Phi) is 6.96. The highest BCUT2D eigenvalue weighted by Gasteiger charge is 2.18. The summed E-state index contributed by atoms with van der Waals surface area (Å²) >= 11 is 1.63. The molecule has 1 fully saturated rings. The van der Waals surface area contributed by atoms with Crippen molar-refractivity contribution in [2.75, 3.05) is 13.1 Å². The van der Waals surface area contributed by atoms with Crippen LogP contribution in [-0.2, 0) is 0 Å². The first-order valence-corrected chi connectivity index (χ1v) is 8.48. The predicted octanol–water partition coefficient (Wildman–Crippen LogP) is 3.74. The molecule has 0 unspecified atom stereocenters. The average Bonchev–Trinajstić information content (AvgIpc) is 2.57. The number of nitrogens with one attached hydrogen (secondary N) is 2. The number of benzene rings is 2. The molecule has 1 aliphatic rings. The molecule has 0 bridgehead atoms. The Morgan fingerprint density at radius 2 is 1.65 bits per heavy atom. The lowest BCUT2D eigenvalue weighted by Gasteiger charge is -2.24. The monoisotopic (exact) mass is 348 g/mol. The van der Waals surface area contributed by atoms with Gasteiger partial charge in [0.05, 0.1) is 5.56 Å². The predicted molar refractivity (Wildman–Crippen MR) is 97.6 cm³/mol. The summed E-state index contributed by atoms with van der Waals surface area (Å²) in [5, 5.41) is 6.49. The summed E-state index contributed by atoms with van der Waals surface area (Å²) in [4.78, 5) is 14.7. The van der Waals surface area contributed by atoms with Crippen molar-refractivity contribution in [3.05, 3.63) is 60.2 Å². The van der Waals surface area contributed by atoms with Crippen LogP contribution in [0.25, 0.3) is 0 Å². The average molecular weight is 349 g/mol. The zero-order valence-electron chi connectivity index (χ0n) is 12.8. The summed E-state index contributed by atoms with van der Waals surface area (Å²) in [7, 11) is 0. The van der Waals surface area contributed by atoms with Gasteiger partial charge in [-0.1, -0.05) is 42.1 Å². The van der Waals surface area contributed by atoms with Gasteiger partial charge in [-0.25, -0.2) is 0 Å². The summed E-state index contributed by atoms with van der Waals surface area (Å²) in [6.07, 6.45) is 2.00. The van der Waals surface area contributed by atoms with Gasteiger partial charge in [-0.05, 0) is 50.2 Å². The lowest BCUT2D eigenvalue weighted by atomic mass is 10.1. The molecule has 2 aromatic rings. The fourth-order valence-corrected chi connectivity index (χ4v) is 3.55. The van der Waals surface area contributed by atoms with E-state index in [9.17, 15) is 4.79 Å². The largest absolute Gasteiger partial charge is 0.349 e.